The molecule has 0 unspecified atom stereocenters. The number of rotatable bonds is 6. The lowest BCUT2D eigenvalue weighted by Crippen LogP contribution is -2.52. The van der Waals surface area contributed by atoms with E-state index < -0.39 is 15.7 Å². The van der Waals surface area contributed by atoms with Gasteiger partial charge in [-0.15, -0.1) is 0 Å². The fourth-order valence-corrected chi connectivity index (χ4v) is 11.0. The summed E-state index contributed by atoms with van der Waals surface area (Å²) in [5, 5.41) is 0. The van der Waals surface area contributed by atoms with Crippen molar-refractivity contribution in [3.05, 3.63) is 0 Å². The Balaban J connectivity index is 3.23. The Morgan fingerprint density at radius 2 is 1.37 bits per heavy atom. The molecule has 0 bridgehead atoms. The molecule has 0 aliphatic heterocycles. The van der Waals surface area contributed by atoms with Gasteiger partial charge in [0.15, 0.2) is 0 Å². The Morgan fingerprint density at radius 1 is 0.947 bits per heavy atom. The Labute approximate surface area is 120 Å². The highest BCUT2D eigenvalue weighted by Crippen LogP contribution is 2.67. The summed E-state index contributed by atoms with van der Waals surface area (Å²) in [6, 6.07) is 0. The van der Waals surface area contributed by atoms with Crippen LogP contribution >= 0.6 is 7.60 Å². The van der Waals surface area contributed by atoms with Crippen LogP contribution < -0.4 is 0 Å². The molecule has 1 fully saturated rings. The van der Waals surface area contributed by atoms with E-state index in [-0.39, 0.29) is 4.78 Å². The Kier molecular flexibility index (Phi) is 6.31. The second kappa shape index (κ2) is 6.88. The molecule has 0 heterocycles. The third-order valence-electron chi connectivity index (χ3n) is 4.45. The van der Waals surface area contributed by atoms with Gasteiger partial charge >= 0.3 is 7.60 Å². The summed E-state index contributed by atoms with van der Waals surface area (Å²) < 4.78 is 24.8. The molecule has 5 heteroatoms. The molecule has 3 nitrogen and oxygen atoms in total. The molecule has 19 heavy (non-hydrogen) atoms. The van der Waals surface area contributed by atoms with Crippen molar-refractivity contribution in [2.75, 3.05) is 13.2 Å². The van der Waals surface area contributed by atoms with Crippen molar-refractivity contribution in [2.24, 2.45) is 0 Å². The third kappa shape index (κ3) is 3.52. The quantitative estimate of drug-likeness (QED) is 0.383. The number of hydrogen-bond donors (Lipinski definition) is 0. The van der Waals surface area contributed by atoms with Crippen molar-refractivity contribution in [3.8, 4) is 0 Å². The summed E-state index contributed by atoms with van der Waals surface area (Å²) in [5.41, 5.74) is 0. The fourth-order valence-electron chi connectivity index (χ4n) is 3.37. The van der Waals surface area contributed by atoms with Crippen LogP contribution in [0.1, 0.15) is 52.4 Å². The van der Waals surface area contributed by atoms with E-state index in [2.05, 4.69) is 19.6 Å². The van der Waals surface area contributed by atoms with Crippen molar-refractivity contribution in [3.63, 3.8) is 0 Å². The van der Waals surface area contributed by atoms with Crippen LogP contribution in [0.5, 0.6) is 0 Å². The molecule has 1 aliphatic rings. The highest BCUT2D eigenvalue weighted by molar-refractivity contribution is 7.59. The maximum atomic E-state index is 13.5. The Morgan fingerprint density at radius 3 is 1.68 bits per heavy atom. The molecule has 0 atom stereocenters. The van der Waals surface area contributed by atoms with E-state index in [1.54, 1.807) is 0 Å². The van der Waals surface area contributed by atoms with Crippen LogP contribution in [-0.4, -0.2) is 26.1 Å². The largest absolute Gasteiger partial charge is 0.333 e. The lowest BCUT2D eigenvalue weighted by Gasteiger charge is -2.46. The van der Waals surface area contributed by atoms with E-state index in [4.69, 9.17) is 9.05 Å². The molecule has 0 aromatic carbocycles. The van der Waals surface area contributed by atoms with Crippen LogP contribution in [0.15, 0.2) is 0 Å². The van der Waals surface area contributed by atoms with Crippen LogP contribution in [0.25, 0.3) is 0 Å². The highest BCUT2D eigenvalue weighted by Gasteiger charge is 2.58. The second-order valence-electron chi connectivity index (χ2n) is 6.53. The van der Waals surface area contributed by atoms with E-state index >= 15 is 0 Å². The van der Waals surface area contributed by atoms with Gasteiger partial charge in [0.1, 0.15) is 0 Å². The van der Waals surface area contributed by atoms with Gasteiger partial charge in [0.2, 0.25) is 0 Å². The second-order valence-corrected chi connectivity index (χ2v) is 14.8. The van der Waals surface area contributed by atoms with Gasteiger partial charge in [-0.05, 0) is 26.7 Å². The van der Waals surface area contributed by atoms with Crippen molar-refractivity contribution >= 4 is 15.7 Å². The third-order valence-corrected chi connectivity index (χ3v) is 13.3. The van der Waals surface area contributed by atoms with Crippen molar-refractivity contribution in [1.29, 1.82) is 0 Å². The molecular formula is C14H31O3PSi. The zero-order valence-electron chi connectivity index (χ0n) is 13.3. The Hall–Kier alpha value is 0.367. The van der Waals surface area contributed by atoms with Gasteiger partial charge in [0.25, 0.3) is 0 Å². The molecule has 0 amide bonds. The van der Waals surface area contributed by atoms with E-state index in [1.165, 1.54) is 12.8 Å². The maximum Gasteiger partial charge on any atom is 0.333 e. The first-order valence-corrected chi connectivity index (χ1v) is 12.8. The van der Waals surface area contributed by atoms with Gasteiger partial charge in [-0.1, -0.05) is 45.3 Å². The lowest BCUT2D eigenvalue weighted by molar-refractivity contribution is 0.202. The van der Waals surface area contributed by atoms with Crippen molar-refractivity contribution in [1.82, 2.24) is 0 Å². The standard InChI is InChI=1S/C14H31O3PSi/c1-6-16-18(15,17-7-2)14(19(3,4)5)12-10-8-9-11-13-14/h6-13H2,1-5H3. The first-order valence-electron chi connectivity index (χ1n) is 7.72. The summed E-state index contributed by atoms with van der Waals surface area (Å²) >= 11 is 0. The Bertz CT molecular complexity index is 307. The smallest absolute Gasteiger partial charge is 0.309 e. The van der Waals surface area contributed by atoms with Crippen LogP contribution in [0.2, 0.25) is 19.6 Å². The average molecular weight is 306 g/mol. The van der Waals surface area contributed by atoms with Gasteiger partial charge in [-0.3, -0.25) is 4.57 Å². The molecule has 0 aromatic rings. The molecule has 1 rings (SSSR count). The SMILES string of the molecule is CCOP(=O)(OCC)C1([Si](C)(C)C)CCCCCC1. The first-order chi connectivity index (χ1) is 8.83. The summed E-state index contributed by atoms with van der Waals surface area (Å²) in [6.07, 6.45) is 6.86. The predicted octanol–water partition coefficient (Wildman–Crippen LogP) is 5.22. The predicted molar refractivity (Wildman–Crippen MR) is 84.6 cm³/mol. The molecule has 0 spiro atoms. The van der Waals surface area contributed by atoms with Gasteiger partial charge in [0.05, 0.1) is 26.1 Å². The maximum absolute atomic E-state index is 13.5. The van der Waals surface area contributed by atoms with Crippen LogP contribution in [0.4, 0.5) is 0 Å². The minimum absolute atomic E-state index is 0.192. The highest BCUT2D eigenvalue weighted by atomic mass is 31.2. The van der Waals surface area contributed by atoms with E-state index in [1.807, 2.05) is 13.8 Å². The number of hydrogen-bond acceptors (Lipinski definition) is 3. The summed E-state index contributed by atoms with van der Waals surface area (Å²) in [6.45, 7) is 11.8. The normalized spacial score (nSPS) is 21.1. The molecule has 0 radical (unpaired) electrons. The molecule has 1 saturated carbocycles. The van der Waals surface area contributed by atoms with Gasteiger partial charge < -0.3 is 9.05 Å². The van der Waals surface area contributed by atoms with Crippen LogP contribution in [0, 0.1) is 0 Å². The summed E-state index contributed by atoms with van der Waals surface area (Å²) in [5.74, 6) is 0. The molecular weight excluding hydrogens is 275 g/mol. The zero-order chi connectivity index (χ0) is 14.6. The molecule has 0 saturated heterocycles. The zero-order valence-corrected chi connectivity index (χ0v) is 15.2. The van der Waals surface area contributed by atoms with E-state index in [9.17, 15) is 4.57 Å². The molecule has 0 N–H and O–H groups in total. The monoisotopic (exact) mass is 306 g/mol. The fraction of sp³-hybridized carbons (Fsp3) is 1.00. The van der Waals surface area contributed by atoms with Crippen molar-refractivity contribution < 1.29 is 13.6 Å². The van der Waals surface area contributed by atoms with Gasteiger partial charge in [-0.2, -0.15) is 0 Å². The van der Waals surface area contributed by atoms with Gasteiger partial charge in [0, 0.05) is 0 Å². The summed E-state index contributed by atoms with van der Waals surface area (Å²) in [4.78, 5) is 0. The van der Waals surface area contributed by atoms with Crippen LogP contribution in [0.3, 0.4) is 0 Å². The van der Waals surface area contributed by atoms with E-state index in [0.29, 0.717) is 13.2 Å². The lowest BCUT2D eigenvalue weighted by atomic mass is 10.2. The topological polar surface area (TPSA) is 35.5 Å². The van der Waals surface area contributed by atoms with Gasteiger partial charge in [-0.25, -0.2) is 0 Å². The minimum Gasteiger partial charge on any atom is -0.309 e. The van der Waals surface area contributed by atoms with Crippen molar-refractivity contribution in [2.45, 2.75) is 76.8 Å². The average Bonchev–Trinajstić information content (AvgIpc) is 2.55. The first kappa shape index (κ1) is 17.4. The van der Waals surface area contributed by atoms with E-state index in [0.717, 1.165) is 25.7 Å². The van der Waals surface area contributed by atoms with Crippen LogP contribution in [-0.2, 0) is 13.6 Å². The summed E-state index contributed by atoms with van der Waals surface area (Å²) in [7, 11) is -4.68. The minimum atomic E-state index is -3.01. The molecule has 114 valence electrons. The molecule has 1 aliphatic carbocycles. The molecule has 0 aromatic heterocycles.